The Balaban J connectivity index is 0.000000528. The summed E-state index contributed by atoms with van der Waals surface area (Å²) >= 11 is 0. The van der Waals surface area contributed by atoms with Gasteiger partial charge in [0.25, 0.3) is 5.79 Å². The van der Waals surface area contributed by atoms with Crippen LogP contribution in [-0.4, -0.2) is 40.2 Å². The minimum atomic E-state index is -1.27. The average molecular weight is 400 g/mol. The zero-order chi connectivity index (χ0) is 22.4. The topological polar surface area (TPSA) is 116 Å². The molecule has 1 rings (SSSR count). The Kier molecular flexibility index (Phi) is 8.88. The van der Waals surface area contributed by atoms with Crippen molar-refractivity contribution < 1.29 is 38.5 Å². The largest absolute Gasteiger partial charge is 0.511 e. The van der Waals surface area contributed by atoms with Crippen LogP contribution >= 0.6 is 0 Å². The van der Waals surface area contributed by atoms with Crippen molar-refractivity contribution in [2.45, 2.75) is 80.1 Å². The Bertz CT molecular complexity index is 626. The predicted molar refractivity (Wildman–Crippen MR) is 101 cm³/mol. The van der Waals surface area contributed by atoms with E-state index in [1.807, 2.05) is 0 Å². The smallest absolute Gasteiger partial charge is 0.352 e. The number of cyclic esters (lactones) is 2. The van der Waals surface area contributed by atoms with Gasteiger partial charge >= 0.3 is 17.9 Å². The molecular weight excluding hydrogens is 368 g/mol. The highest BCUT2D eigenvalue weighted by molar-refractivity contribution is 6.15. The maximum atomic E-state index is 11.4. The molecule has 1 N–H and O–H groups in total. The van der Waals surface area contributed by atoms with E-state index >= 15 is 0 Å². The number of rotatable bonds is 4. The van der Waals surface area contributed by atoms with Gasteiger partial charge in [-0.05, 0) is 20.8 Å². The lowest BCUT2D eigenvalue weighted by atomic mass is 10.1. The van der Waals surface area contributed by atoms with E-state index in [9.17, 15) is 24.3 Å². The summed E-state index contributed by atoms with van der Waals surface area (Å²) in [5.74, 6) is -4.21. The van der Waals surface area contributed by atoms with Gasteiger partial charge in [-0.1, -0.05) is 27.7 Å². The van der Waals surface area contributed by atoms with Crippen LogP contribution in [0.2, 0.25) is 0 Å². The molecule has 1 heterocycles. The molecule has 0 unspecified atom stereocenters. The number of aliphatic hydroxyl groups is 1. The molecule has 8 heteroatoms. The average Bonchev–Trinajstić information content (AvgIpc) is 2.42. The van der Waals surface area contributed by atoms with Crippen molar-refractivity contribution >= 4 is 23.7 Å². The van der Waals surface area contributed by atoms with E-state index in [1.54, 1.807) is 48.5 Å². The SMILES string of the molecule is CC(C)C(=O)CC(=O)OC(C)(C)C.CC(C)C(O)=C1C(=O)OC(C)(C)OC1=O. The number of allylic oxidation sites excluding steroid dienone is 1. The quantitative estimate of drug-likeness (QED) is 0.251. The lowest BCUT2D eigenvalue weighted by molar-refractivity contribution is -0.222. The second kappa shape index (κ2) is 9.71. The van der Waals surface area contributed by atoms with Crippen LogP contribution in [0.15, 0.2) is 11.3 Å². The maximum absolute atomic E-state index is 11.4. The number of carbonyl (C=O) groups is 4. The number of esters is 3. The van der Waals surface area contributed by atoms with Crippen LogP contribution in [0, 0.1) is 11.8 Å². The van der Waals surface area contributed by atoms with Crippen molar-refractivity contribution in [3.05, 3.63) is 11.3 Å². The van der Waals surface area contributed by atoms with Gasteiger partial charge in [-0.15, -0.1) is 0 Å². The van der Waals surface area contributed by atoms with Crippen molar-refractivity contribution in [2.24, 2.45) is 11.8 Å². The molecule has 0 bridgehead atoms. The van der Waals surface area contributed by atoms with Crippen molar-refractivity contribution in [2.75, 3.05) is 0 Å². The second-order valence-corrected chi connectivity index (χ2v) is 8.48. The van der Waals surface area contributed by atoms with Crippen LogP contribution in [-0.2, 0) is 33.4 Å². The molecule has 0 spiro atoms. The van der Waals surface area contributed by atoms with E-state index in [0.717, 1.165) is 0 Å². The third-order valence-electron chi connectivity index (χ3n) is 3.27. The van der Waals surface area contributed by atoms with Crippen molar-refractivity contribution in [3.63, 3.8) is 0 Å². The highest BCUT2D eigenvalue weighted by Gasteiger charge is 2.41. The van der Waals surface area contributed by atoms with Gasteiger partial charge in [0.05, 0.1) is 0 Å². The Labute approximate surface area is 166 Å². The Morgan fingerprint density at radius 3 is 1.75 bits per heavy atom. The third-order valence-corrected chi connectivity index (χ3v) is 3.27. The second-order valence-electron chi connectivity index (χ2n) is 8.48. The zero-order valence-electron chi connectivity index (χ0n) is 18.2. The molecule has 0 aromatic carbocycles. The normalized spacial score (nSPS) is 16.0. The summed E-state index contributed by atoms with van der Waals surface area (Å²) in [6.45, 7) is 15.1. The summed E-state index contributed by atoms with van der Waals surface area (Å²) in [6, 6.07) is 0. The van der Waals surface area contributed by atoms with Crippen LogP contribution < -0.4 is 0 Å². The minimum Gasteiger partial charge on any atom is -0.511 e. The molecule has 160 valence electrons. The number of Topliss-reactive ketones (excluding diaryl/α,β-unsaturated/α-hetero) is 1. The summed E-state index contributed by atoms with van der Waals surface area (Å²) in [5, 5.41) is 9.54. The van der Waals surface area contributed by atoms with E-state index in [4.69, 9.17) is 14.2 Å². The van der Waals surface area contributed by atoms with Crippen LogP contribution in [0.5, 0.6) is 0 Å². The third kappa shape index (κ3) is 9.01. The highest BCUT2D eigenvalue weighted by atomic mass is 16.7. The van der Waals surface area contributed by atoms with E-state index in [1.165, 1.54) is 13.8 Å². The summed E-state index contributed by atoms with van der Waals surface area (Å²) in [4.78, 5) is 45.1. The van der Waals surface area contributed by atoms with E-state index in [-0.39, 0.29) is 29.8 Å². The van der Waals surface area contributed by atoms with Gasteiger partial charge < -0.3 is 19.3 Å². The van der Waals surface area contributed by atoms with Crippen LogP contribution in [0.3, 0.4) is 0 Å². The molecule has 0 saturated carbocycles. The fraction of sp³-hybridized carbons (Fsp3) is 0.700. The summed E-state index contributed by atoms with van der Waals surface area (Å²) in [7, 11) is 0. The van der Waals surface area contributed by atoms with Gasteiger partial charge in [-0.25, -0.2) is 9.59 Å². The number of hydrogen-bond acceptors (Lipinski definition) is 8. The molecule has 1 saturated heterocycles. The van der Waals surface area contributed by atoms with Crippen LogP contribution in [0.4, 0.5) is 0 Å². The first kappa shape index (κ1) is 25.6. The number of ketones is 1. The van der Waals surface area contributed by atoms with Gasteiger partial charge in [0, 0.05) is 25.7 Å². The highest BCUT2D eigenvalue weighted by Crippen LogP contribution is 2.25. The molecule has 0 atom stereocenters. The van der Waals surface area contributed by atoms with E-state index < -0.39 is 34.9 Å². The van der Waals surface area contributed by atoms with Gasteiger partial charge in [-0.3, -0.25) is 9.59 Å². The van der Waals surface area contributed by atoms with E-state index in [2.05, 4.69) is 0 Å². The number of ether oxygens (including phenoxy) is 3. The first-order valence-corrected chi connectivity index (χ1v) is 9.11. The molecule has 1 fully saturated rings. The standard InChI is InChI=1S/C10H14O5.C10H18O3/c1-5(2)7(11)6-8(12)14-10(3,4)15-9(6)13;1-7(2)8(11)6-9(12)13-10(3,4)5/h5,11H,1-4H3;7H,6H2,1-5H3. The number of carbonyl (C=O) groups excluding carboxylic acids is 4. The molecule has 1 aliphatic rings. The molecule has 0 aliphatic carbocycles. The molecule has 0 aromatic heterocycles. The van der Waals surface area contributed by atoms with Gasteiger partial charge in [0.2, 0.25) is 0 Å². The zero-order valence-corrected chi connectivity index (χ0v) is 18.2. The fourth-order valence-electron chi connectivity index (χ4n) is 1.87. The van der Waals surface area contributed by atoms with Crippen LogP contribution in [0.1, 0.15) is 68.7 Å². The molecule has 0 aromatic rings. The maximum Gasteiger partial charge on any atom is 0.352 e. The van der Waals surface area contributed by atoms with Crippen molar-refractivity contribution in [1.29, 1.82) is 0 Å². The van der Waals surface area contributed by atoms with Gasteiger partial charge in [0.15, 0.2) is 5.57 Å². The summed E-state index contributed by atoms with van der Waals surface area (Å²) in [6.07, 6.45) is -0.116. The van der Waals surface area contributed by atoms with Gasteiger partial charge in [0.1, 0.15) is 23.6 Å². The summed E-state index contributed by atoms with van der Waals surface area (Å²) < 4.78 is 14.7. The van der Waals surface area contributed by atoms with Crippen LogP contribution in [0.25, 0.3) is 0 Å². The molecule has 0 amide bonds. The monoisotopic (exact) mass is 400 g/mol. The first-order valence-electron chi connectivity index (χ1n) is 9.11. The Morgan fingerprint density at radius 2 is 1.43 bits per heavy atom. The Morgan fingerprint density at radius 1 is 1.00 bits per heavy atom. The number of hydrogen-bond donors (Lipinski definition) is 1. The van der Waals surface area contributed by atoms with Crippen molar-refractivity contribution in [1.82, 2.24) is 0 Å². The fourth-order valence-corrected chi connectivity index (χ4v) is 1.87. The molecule has 0 radical (unpaired) electrons. The minimum absolute atomic E-state index is 0.0748. The van der Waals surface area contributed by atoms with E-state index in [0.29, 0.717) is 0 Å². The first-order chi connectivity index (χ1) is 12.5. The molecular formula is C20H32O8. The number of aliphatic hydroxyl groups excluding tert-OH is 1. The van der Waals surface area contributed by atoms with Gasteiger partial charge in [-0.2, -0.15) is 0 Å². The lowest BCUT2D eigenvalue weighted by Gasteiger charge is -2.30. The molecule has 1 aliphatic heterocycles. The molecule has 8 nitrogen and oxygen atoms in total. The molecule has 28 heavy (non-hydrogen) atoms. The Hall–Kier alpha value is -2.38. The predicted octanol–water partition coefficient (Wildman–Crippen LogP) is 3.23. The lowest BCUT2D eigenvalue weighted by Crippen LogP contribution is -2.42. The van der Waals surface area contributed by atoms with Crippen molar-refractivity contribution in [3.8, 4) is 0 Å². The summed E-state index contributed by atoms with van der Waals surface area (Å²) in [5.41, 5.74) is -0.918.